The standard InChI is InChI=1S/C89H115N7O4/c1-10-13-16-19-22-25-28-31-58-97-73-42-34-67(35-43-73)85-77-50-52-79(90-77)86(68-36-44-74(45-37-68)98-59-32-29-26-23-20-17-14-11-2)81-54-56-83(92-81)88(70-40-48-76(49-41-70)100-89-71(64-95(6)7)61-66(63-94(4)5)62-72(89)65-96(8)9)84-57-55-82(93-84)87(80-53-51-78(85)91-80)69-38-46-75(47-39-69)99-60-33-30-27-24-21-18-15-12-3/h34-57,61-62,90-91H,10-33,58-60,63-65H2,1-9H3. The minimum atomic E-state index is 0.701. The molecule has 0 saturated heterocycles. The van der Waals surface area contributed by atoms with E-state index in [9.17, 15) is 0 Å². The monoisotopic (exact) mass is 1350 g/mol. The van der Waals surface area contributed by atoms with Gasteiger partial charge in [0.15, 0.2) is 0 Å². The van der Waals surface area contributed by atoms with Crippen LogP contribution in [0.3, 0.4) is 0 Å². The summed E-state index contributed by atoms with van der Waals surface area (Å²) in [6.07, 6.45) is 38.9. The predicted octanol–water partition coefficient (Wildman–Crippen LogP) is 23.9. The molecule has 11 heteroatoms. The summed E-state index contributed by atoms with van der Waals surface area (Å²) < 4.78 is 26.3. The summed E-state index contributed by atoms with van der Waals surface area (Å²) in [7, 11) is 12.7. The highest BCUT2D eigenvalue weighted by Gasteiger charge is 2.22. The van der Waals surface area contributed by atoms with Gasteiger partial charge in [-0.1, -0.05) is 204 Å². The number of hydrogen-bond donors (Lipinski definition) is 2. The van der Waals surface area contributed by atoms with Crippen molar-refractivity contribution in [2.75, 3.05) is 62.1 Å². The molecule has 8 aromatic rings. The lowest BCUT2D eigenvalue weighted by Gasteiger charge is -2.22. The van der Waals surface area contributed by atoms with Gasteiger partial charge in [0.25, 0.3) is 0 Å². The lowest BCUT2D eigenvalue weighted by molar-refractivity contribution is 0.304. The first kappa shape index (κ1) is 74.5. The van der Waals surface area contributed by atoms with Gasteiger partial charge >= 0.3 is 0 Å². The molecule has 0 aliphatic carbocycles. The second-order valence-corrected chi connectivity index (χ2v) is 28.6. The van der Waals surface area contributed by atoms with Crippen LogP contribution in [0.1, 0.15) is 214 Å². The van der Waals surface area contributed by atoms with Crippen LogP contribution in [0.25, 0.3) is 90.9 Å². The van der Waals surface area contributed by atoms with Gasteiger partial charge in [-0.3, -0.25) is 0 Å². The maximum Gasteiger partial charge on any atom is 0.136 e. The van der Waals surface area contributed by atoms with E-state index in [1.165, 1.54) is 140 Å². The first-order valence-electron chi connectivity index (χ1n) is 38.2. The quantitative estimate of drug-likeness (QED) is 0.0362. The van der Waals surface area contributed by atoms with Crippen LogP contribution < -0.4 is 18.9 Å². The number of hydrogen-bond acceptors (Lipinski definition) is 9. The molecule has 0 spiro atoms. The van der Waals surface area contributed by atoms with Crippen LogP contribution in [0, 0.1) is 0 Å². The molecular weight excluding hydrogens is 1230 g/mol. The summed E-state index contributed by atoms with van der Waals surface area (Å²) in [6, 6.07) is 47.9. The highest BCUT2D eigenvalue weighted by molar-refractivity contribution is 6.00. The molecule has 100 heavy (non-hydrogen) atoms. The highest BCUT2D eigenvalue weighted by Crippen LogP contribution is 2.41. The van der Waals surface area contributed by atoms with Crippen molar-refractivity contribution in [3.8, 4) is 73.3 Å². The Balaban J connectivity index is 1.09. The van der Waals surface area contributed by atoms with Crippen molar-refractivity contribution in [1.29, 1.82) is 0 Å². The van der Waals surface area contributed by atoms with Gasteiger partial charge in [0.2, 0.25) is 0 Å². The summed E-state index contributed by atoms with van der Waals surface area (Å²) in [6.45, 7) is 11.3. The predicted molar refractivity (Wildman–Crippen MR) is 424 cm³/mol. The lowest BCUT2D eigenvalue weighted by Crippen LogP contribution is -2.17. The van der Waals surface area contributed by atoms with Gasteiger partial charge in [-0.2, -0.15) is 0 Å². The third kappa shape index (κ3) is 21.7. The highest BCUT2D eigenvalue weighted by atomic mass is 16.5. The number of aromatic nitrogens is 4. The van der Waals surface area contributed by atoms with Crippen LogP contribution in [0.5, 0.6) is 28.7 Å². The number of rotatable bonds is 42. The summed E-state index contributed by atoms with van der Waals surface area (Å²) >= 11 is 0. The maximum atomic E-state index is 7.07. The molecule has 5 aromatic carbocycles. The molecule has 530 valence electrons. The summed E-state index contributed by atoms with van der Waals surface area (Å²) in [5, 5.41) is 0. The lowest BCUT2D eigenvalue weighted by atomic mass is 10.0. The zero-order valence-corrected chi connectivity index (χ0v) is 62.1. The number of aromatic amines is 2. The number of nitrogens with zero attached hydrogens (tertiary/aromatic N) is 5. The molecule has 0 saturated carbocycles. The fourth-order valence-electron chi connectivity index (χ4n) is 14.0. The largest absolute Gasteiger partial charge is 0.494 e. The average molecular weight is 1350 g/mol. The Hall–Kier alpha value is -8.22. The van der Waals surface area contributed by atoms with Crippen LogP contribution >= 0.6 is 0 Å². The van der Waals surface area contributed by atoms with Crippen LogP contribution in [0.15, 0.2) is 133 Å². The van der Waals surface area contributed by atoms with Crippen molar-refractivity contribution in [2.24, 2.45) is 0 Å². The molecule has 0 fully saturated rings. The molecule has 3 aromatic heterocycles. The normalized spacial score (nSPS) is 12.0. The molecule has 2 aliphatic rings. The van der Waals surface area contributed by atoms with E-state index in [0.717, 1.165) is 168 Å². The molecule has 0 atom stereocenters. The molecule has 11 nitrogen and oxygen atoms in total. The molecule has 0 amide bonds. The number of fused-ring (bicyclic) bond motifs is 8. The molecule has 2 N–H and O–H groups in total. The van der Waals surface area contributed by atoms with Gasteiger partial charge in [0.1, 0.15) is 28.7 Å². The van der Waals surface area contributed by atoms with Crippen molar-refractivity contribution in [2.45, 2.75) is 195 Å². The summed E-state index contributed by atoms with van der Waals surface area (Å²) in [5.74, 6) is 4.27. The minimum Gasteiger partial charge on any atom is -0.494 e. The van der Waals surface area contributed by atoms with Crippen LogP contribution in [0.4, 0.5) is 0 Å². The number of nitrogens with one attached hydrogen (secondary N) is 2. The Kier molecular flexibility index (Phi) is 29.1. The van der Waals surface area contributed by atoms with E-state index in [1.807, 2.05) is 0 Å². The first-order chi connectivity index (χ1) is 48.9. The Labute approximate surface area is 599 Å². The SMILES string of the molecule is CCCCCCCCCCOc1ccc(-c2c3nc(c(-c4ccc(Oc5c(CN(C)C)cc(CN(C)C)cc5CN(C)C)cc4)c4nc(c(-c5ccc(OCCCCCCCCCC)cc5)c5ccc([nH]5)c(-c5ccc(OCCCCCCCCCC)cc5)c5ccc2[nH]5)C=C4)C=C3)cc1. The van der Waals surface area contributed by atoms with Gasteiger partial charge < -0.3 is 43.6 Å². The van der Waals surface area contributed by atoms with E-state index in [0.29, 0.717) is 19.8 Å². The third-order valence-electron chi connectivity index (χ3n) is 19.1. The van der Waals surface area contributed by atoms with Gasteiger partial charge in [0, 0.05) is 75.1 Å². The number of H-pyrrole nitrogens is 2. The third-order valence-corrected chi connectivity index (χ3v) is 19.1. The summed E-state index contributed by atoms with van der Waals surface area (Å²) in [4.78, 5) is 26.0. The van der Waals surface area contributed by atoms with E-state index in [4.69, 9.17) is 28.9 Å². The Bertz CT molecular complexity index is 3850. The fraction of sp³-hybridized carbons (Fsp3) is 0.438. The van der Waals surface area contributed by atoms with Crippen LogP contribution in [-0.4, -0.2) is 96.7 Å². The molecule has 0 unspecified atom stereocenters. The Morgan fingerprint density at radius 2 is 0.580 bits per heavy atom. The van der Waals surface area contributed by atoms with Crippen molar-refractivity contribution in [3.63, 3.8) is 0 Å². The molecule has 2 aliphatic heterocycles. The van der Waals surface area contributed by atoms with E-state index in [-0.39, 0.29) is 0 Å². The molecular formula is C89H115N7O4. The molecule has 10 rings (SSSR count). The minimum absolute atomic E-state index is 0.701. The zero-order chi connectivity index (χ0) is 69.8. The number of ether oxygens (including phenoxy) is 4. The second kappa shape index (κ2) is 39.1. The van der Waals surface area contributed by atoms with Crippen LogP contribution in [-0.2, 0) is 19.6 Å². The topological polar surface area (TPSA) is 104 Å². The van der Waals surface area contributed by atoms with Crippen molar-refractivity contribution in [3.05, 3.63) is 173 Å². The smallest absolute Gasteiger partial charge is 0.136 e. The van der Waals surface area contributed by atoms with E-state index >= 15 is 0 Å². The average Bonchev–Trinajstić information content (AvgIpc) is 1.60. The Morgan fingerprint density at radius 1 is 0.300 bits per heavy atom. The van der Waals surface area contributed by atoms with Crippen LogP contribution in [0.2, 0.25) is 0 Å². The molecule has 8 bridgehead atoms. The summed E-state index contributed by atoms with van der Waals surface area (Å²) in [5.41, 5.74) is 18.7. The van der Waals surface area contributed by atoms with E-state index in [2.05, 4.69) is 245 Å². The molecule has 0 radical (unpaired) electrons. The Morgan fingerprint density at radius 3 is 0.910 bits per heavy atom. The van der Waals surface area contributed by atoms with Gasteiger partial charge in [-0.15, -0.1) is 0 Å². The second-order valence-electron chi connectivity index (χ2n) is 28.6. The number of unbranched alkanes of at least 4 members (excludes halogenated alkanes) is 21. The fourth-order valence-corrected chi connectivity index (χ4v) is 14.0. The zero-order valence-electron chi connectivity index (χ0n) is 62.1. The number of benzene rings is 5. The van der Waals surface area contributed by atoms with Crippen molar-refractivity contribution < 1.29 is 18.9 Å². The maximum absolute atomic E-state index is 7.07. The van der Waals surface area contributed by atoms with Gasteiger partial charge in [-0.25, -0.2) is 9.97 Å². The first-order valence-corrected chi connectivity index (χ1v) is 38.2. The van der Waals surface area contributed by atoms with E-state index < -0.39 is 0 Å². The van der Waals surface area contributed by atoms with Crippen molar-refractivity contribution in [1.82, 2.24) is 34.6 Å². The van der Waals surface area contributed by atoms with Gasteiger partial charge in [0.05, 0.1) is 42.6 Å². The van der Waals surface area contributed by atoms with Gasteiger partial charge in [-0.05, 0) is 199 Å². The van der Waals surface area contributed by atoms with E-state index in [1.54, 1.807) is 0 Å². The van der Waals surface area contributed by atoms with Crippen molar-refractivity contribution >= 4 is 46.4 Å². The molecule has 5 heterocycles.